The van der Waals surface area contributed by atoms with Crippen LogP contribution in [0.1, 0.15) is 0 Å². The molecule has 0 atom stereocenters. The van der Waals surface area contributed by atoms with Crippen LogP contribution in [-0.2, 0) is 11.3 Å². The van der Waals surface area contributed by atoms with E-state index in [9.17, 15) is 4.79 Å². The van der Waals surface area contributed by atoms with Gasteiger partial charge in [-0.25, -0.2) is 9.97 Å². The molecule has 3 heterocycles. The first kappa shape index (κ1) is 13.7. The molecule has 0 radical (unpaired) electrons. The molecule has 1 amide bonds. The van der Waals surface area contributed by atoms with E-state index in [4.69, 9.17) is 0 Å². The molecule has 1 N–H and O–H groups in total. The van der Waals surface area contributed by atoms with E-state index in [-0.39, 0.29) is 11.9 Å². The molecule has 0 bridgehead atoms. The molecule has 23 heavy (non-hydrogen) atoms. The standard InChI is InChI=1S/C16H16N6O/c23-16(10-22-11-19-13-3-1-2-4-14(13)22)21-8-12(9-21)20-15-7-17-5-6-18-15/h1-7,11-12H,8-10H2,(H,18,20). The van der Waals surface area contributed by atoms with Gasteiger partial charge in [-0.15, -0.1) is 0 Å². The average Bonchev–Trinajstić information content (AvgIpc) is 2.94. The number of hydrogen-bond donors (Lipinski definition) is 1. The molecule has 0 spiro atoms. The zero-order chi connectivity index (χ0) is 15.6. The lowest BCUT2D eigenvalue weighted by Gasteiger charge is -2.39. The highest BCUT2D eigenvalue weighted by molar-refractivity contribution is 5.81. The second kappa shape index (κ2) is 5.68. The van der Waals surface area contributed by atoms with Crippen molar-refractivity contribution in [3.63, 3.8) is 0 Å². The number of amides is 1. The van der Waals surface area contributed by atoms with Gasteiger partial charge < -0.3 is 14.8 Å². The summed E-state index contributed by atoms with van der Waals surface area (Å²) < 4.78 is 1.89. The molecule has 1 saturated heterocycles. The van der Waals surface area contributed by atoms with Gasteiger partial charge in [-0.2, -0.15) is 0 Å². The molecule has 0 saturated carbocycles. The van der Waals surface area contributed by atoms with Crippen LogP contribution in [0.5, 0.6) is 0 Å². The van der Waals surface area contributed by atoms with Crippen LogP contribution >= 0.6 is 0 Å². The summed E-state index contributed by atoms with van der Waals surface area (Å²) in [5.74, 6) is 0.843. The second-order valence-corrected chi connectivity index (χ2v) is 5.59. The lowest BCUT2D eigenvalue weighted by Crippen LogP contribution is -2.57. The van der Waals surface area contributed by atoms with Gasteiger partial charge in [0.1, 0.15) is 12.4 Å². The van der Waals surface area contributed by atoms with Gasteiger partial charge >= 0.3 is 0 Å². The highest BCUT2D eigenvalue weighted by atomic mass is 16.2. The quantitative estimate of drug-likeness (QED) is 0.782. The van der Waals surface area contributed by atoms with Gasteiger partial charge in [0.15, 0.2) is 0 Å². The fourth-order valence-corrected chi connectivity index (χ4v) is 2.74. The van der Waals surface area contributed by atoms with E-state index in [2.05, 4.69) is 20.3 Å². The summed E-state index contributed by atoms with van der Waals surface area (Å²) >= 11 is 0. The largest absolute Gasteiger partial charge is 0.362 e. The van der Waals surface area contributed by atoms with Crippen LogP contribution in [0.3, 0.4) is 0 Å². The summed E-state index contributed by atoms with van der Waals surface area (Å²) in [7, 11) is 0. The number of rotatable bonds is 4. The molecule has 7 heteroatoms. The summed E-state index contributed by atoms with van der Waals surface area (Å²) in [6.45, 7) is 1.68. The van der Waals surface area contributed by atoms with E-state index < -0.39 is 0 Å². The van der Waals surface area contributed by atoms with E-state index in [1.807, 2.05) is 33.7 Å². The predicted molar refractivity (Wildman–Crippen MR) is 85.8 cm³/mol. The Morgan fingerprint density at radius 3 is 2.91 bits per heavy atom. The topological polar surface area (TPSA) is 75.9 Å². The van der Waals surface area contributed by atoms with Crippen LogP contribution in [0.25, 0.3) is 11.0 Å². The average molecular weight is 308 g/mol. The first-order valence-corrected chi connectivity index (χ1v) is 7.50. The fourth-order valence-electron chi connectivity index (χ4n) is 2.74. The molecular formula is C16H16N6O. The van der Waals surface area contributed by atoms with Crippen molar-refractivity contribution in [2.75, 3.05) is 18.4 Å². The minimum Gasteiger partial charge on any atom is -0.362 e. The summed E-state index contributed by atoms with van der Waals surface area (Å²) in [5, 5.41) is 3.27. The first-order chi connectivity index (χ1) is 11.3. The number of benzene rings is 1. The van der Waals surface area contributed by atoms with Crippen molar-refractivity contribution in [2.24, 2.45) is 0 Å². The molecule has 4 rings (SSSR count). The number of hydrogen-bond acceptors (Lipinski definition) is 5. The predicted octanol–water partition coefficient (Wildman–Crippen LogP) is 1.15. The Bertz CT molecular complexity index is 825. The number of aromatic nitrogens is 4. The fraction of sp³-hybridized carbons (Fsp3) is 0.250. The molecule has 2 aromatic heterocycles. The van der Waals surface area contributed by atoms with Crippen LogP contribution < -0.4 is 5.32 Å². The molecule has 1 fully saturated rings. The summed E-state index contributed by atoms with van der Waals surface area (Å²) in [6.07, 6.45) is 6.69. The lowest BCUT2D eigenvalue weighted by atomic mass is 10.1. The Morgan fingerprint density at radius 2 is 2.09 bits per heavy atom. The van der Waals surface area contributed by atoms with Crippen molar-refractivity contribution in [1.29, 1.82) is 0 Å². The van der Waals surface area contributed by atoms with E-state index in [1.54, 1.807) is 24.9 Å². The third kappa shape index (κ3) is 2.73. The molecule has 3 aromatic rings. The van der Waals surface area contributed by atoms with Gasteiger partial charge in [0.05, 0.1) is 29.6 Å². The highest BCUT2D eigenvalue weighted by Crippen LogP contribution is 2.16. The molecule has 7 nitrogen and oxygen atoms in total. The minimum atomic E-state index is 0.102. The zero-order valence-corrected chi connectivity index (χ0v) is 12.5. The molecule has 1 aliphatic heterocycles. The Morgan fingerprint density at radius 1 is 1.22 bits per heavy atom. The monoisotopic (exact) mass is 308 g/mol. The maximum absolute atomic E-state index is 12.4. The molecule has 0 aliphatic carbocycles. The number of para-hydroxylation sites is 2. The molecule has 0 unspecified atom stereocenters. The van der Waals surface area contributed by atoms with Crippen molar-refractivity contribution in [1.82, 2.24) is 24.4 Å². The Labute approximate surface area is 133 Å². The van der Waals surface area contributed by atoms with E-state index >= 15 is 0 Å². The molecular weight excluding hydrogens is 292 g/mol. The maximum atomic E-state index is 12.4. The summed E-state index contributed by atoms with van der Waals surface area (Å²) in [4.78, 5) is 26.7. The zero-order valence-electron chi connectivity index (χ0n) is 12.5. The highest BCUT2D eigenvalue weighted by Gasteiger charge is 2.30. The van der Waals surface area contributed by atoms with E-state index in [0.717, 1.165) is 16.9 Å². The van der Waals surface area contributed by atoms with Crippen molar-refractivity contribution in [2.45, 2.75) is 12.6 Å². The van der Waals surface area contributed by atoms with Crippen LogP contribution in [0.2, 0.25) is 0 Å². The number of anilines is 1. The molecule has 116 valence electrons. The second-order valence-electron chi connectivity index (χ2n) is 5.59. The van der Waals surface area contributed by atoms with Crippen LogP contribution in [0, 0.1) is 0 Å². The molecule has 1 aliphatic rings. The number of carbonyl (C=O) groups excluding carboxylic acids is 1. The van der Waals surface area contributed by atoms with Crippen LogP contribution in [0.15, 0.2) is 49.2 Å². The smallest absolute Gasteiger partial charge is 0.242 e. The number of nitrogens with one attached hydrogen (secondary N) is 1. The van der Waals surface area contributed by atoms with Gasteiger partial charge in [-0.1, -0.05) is 12.1 Å². The van der Waals surface area contributed by atoms with Gasteiger partial charge in [-0.05, 0) is 12.1 Å². The number of likely N-dealkylation sites (tertiary alicyclic amines) is 1. The summed E-state index contributed by atoms with van der Waals surface area (Å²) in [6, 6.07) is 8.05. The number of imidazole rings is 1. The van der Waals surface area contributed by atoms with Gasteiger partial charge in [0.25, 0.3) is 0 Å². The number of carbonyl (C=O) groups is 1. The van der Waals surface area contributed by atoms with E-state index in [1.165, 1.54) is 0 Å². The minimum absolute atomic E-state index is 0.102. The Kier molecular flexibility index (Phi) is 3.38. The van der Waals surface area contributed by atoms with Crippen molar-refractivity contribution in [3.8, 4) is 0 Å². The van der Waals surface area contributed by atoms with Crippen LogP contribution in [-0.4, -0.2) is 49.5 Å². The van der Waals surface area contributed by atoms with Gasteiger partial charge in [-0.3, -0.25) is 9.78 Å². The van der Waals surface area contributed by atoms with Crippen molar-refractivity contribution >= 4 is 22.8 Å². The third-order valence-electron chi connectivity index (χ3n) is 3.98. The van der Waals surface area contributed by atoms with Crippen molar-refractivity contribution < 1.29 is 4.79 Å². The molecule has 1 aromatic carbocycles. The maximum Gasteiger partial charge on any atom is 0.242 e. The van der Waals surface area contributed by atoms with E-state index in [0.29, 0.717) is 19.6 Å². The Hall–Kier alpha value is -2.96. The van der Waals surface area contributed by atoms with Gasteiger partial charge in [0, 0.05) is 25.5 Å². The lowest BCUT2D eigenvalue weighted by molar-refractivity contribution is -0.135. The third-order valence-corrected chi connectivity index (χ3v) is 3.98. The van der Waals surface area contributed by atoms with Crippen LogP contribution in [0.4, 0.5) is 5.82 Å². The van der Waals surface area contributed by atoms with Crippen molar-refractivity contribution in [3.05, 3.63) is 49.2 Å². The Balaban J connectivity index is 1.35. The summed E-state index contributed by atoms with van der Waals surface area (Å²) in [5.41, 5.74) is 1.89. The number of nitrogens with zero attached hydrogens (tertiary/aromatic N) is 5. The normalized spacial score (nSPS) is 14.7. The SMILES string of the molecule is O=C(Cn1cnc2ccccc21)N1CC(Nc2cnccn2)C1. The number of fused-ring (bicyclic) bond motifs is 1. The first-order valence-electron chi connectivity index (χ1n) is 7.50. The van der Waals surface area contributed by atoms with Gasteiger partial charge in [0.2, 0.25) is 5.91 Å².